The van der Waals surface area contributed by atoms with Crippen molar-refractivity contribution in [2.24, 2.45) is 0 Å². The molecule has 0 radical (unpaired) electrons. The molecular formula is C17H14FN3O. The van der Waals surface area contributed by atoms with Gasteiger partial charge in [0.05, 0.1) is 7.11 Å². The molecular weight excluding hydrogens is 281 g/mol. The Hall–Kier alpha value is -2.82. The van der Waals surface area contributed by atoms with Crippen LogP contribution < -0.4 is 4.74 Å². The van der Waals surface area contributed by atoms with E-state index in [0.717, 1.165) is 22.3 Å². The van der Waals surface area contributed by atoms with E-state index in [4.69, 9.17) is 4.74 Å². The van der Waals surface area contributed by atoms with E-state index in [9.17, 15) is 4.39 Å². The standard InChI is InChI=1S/C17H14FN3O/c1-22-17-16(14-3-2-4-15(18)7-14)6-12(10-21-17)5-13-8-19-11-20-9-13/h2-4,6-11H,5H2,1H3. The fraction of sp³-hybridized carbons (Fsp3) is 0.118. The van der Waals surface area contributed by atoms with Gasteiger partial charge in [-0.2, -0.15) is 0 Å². The van der Waals surface area contributed by atoms with E-state index in [1.165, 1.54) is 18.5 Å². The number of methoxy groups -OCH3 is 1. The summed E-state index contributed by atoms with van der Waals surface area (Å²) in [6.45, 7) is 0. The molecule has 2 aromatic heterocycles. The first-order valence-corrected chi connectivity index (χ1v) is 6.79. The molecule has 0 spiro atoms. The first-order chi connectivity index (χ1) is 10.8. The van der Waals surface area contributed by atoms with E-state index in [1.54, 1.807) is 31.8 Å². The molecule has 0 saturated heterocycles. The summed E-state index contributed by atoms with van der Waals surface area (Å²) in [6.07, 6.45) is 7.42. The number of hydrogen-bond donors (Lipinski definition) is 0. The van der Waals surface area contributed by atoms with Crippen LogP contribution in [0, 0.1) is 5.82 Å². The molecule has 0 fully saturated rings. The lowest BCUT2D eigenvalue weighted by Gasteiger charge is -2.10. The minimum absolute atomic E-state index is 0.290. The van der Waals surface area contributed by atoms with Gasteiger partial charge < -0.3 is 4.74 Å². The van der Waals surface area contributed by atoms with Crippen LogP contribution in [0.4, 0.5) is 4.39 Å². The van der Waals surface area contributed by atoms with Gasteiger partial charge in [-0.15, -0.1) is 0 Å². The zero-order chi connectivity index (χ0) is 15.4. The predicted octanol–water partition coefficient (Wildman–Crippen LogP) is 3.28. The summed E-state index contributed by atoms with van der Waals surface area (Å²) in [5.74, 6) is 0.181. The van der Waals surface area contributed by atoms with Crippen LogP contribution in [0.25, 0.3) is 11.1 Å². The van der Waals surface area contributed by atoms with Crippen molar-refractivity contribution in [1.82, 2.24) is 15.0 Å². The zero-order valence-electron chi connectivity index (χ0n) is 12.0. The van der Waals surface area contributed by atoms with Crippen molar-refractivity contribution >= 4 is 0 Å². The fourth-order valence-electron chi connectivity index (χ4n) is 2.27. The van der Waals surface area contributed by atoms with E-state index >= 15 is 0 Å². The average Bonchev–Trinajstić information content (AvgIpc) is 2.56. The molecule has 0 N–H and O–H groups in total. The van der Waals surface area contributed by atoms with Crippen LogP contribution in [-0.2, 0) is 6.42 Å². The lowest BCUT2D eigenvalue weighted by atomic mass is 10.0. The minimum atomic E-state index is -0.290. The van der Waals surface area contributed by atoms with Crippen molar-refractivity contribution in [2.45, 2.75) is 6.42 Å². The Kier molecular flexibility index (Phi) is 4.05. The second-order valence-electron chi connectivity index (χ2n) is 4.83. The summed E-state index contributed by atoms with van der Waals surface area (Å²) < 4.78 is 18.7. The summed E-state index contributed by atoms with van der Waals surface area (Å²) in [5.41, 5.74) is 3.46. The molecule has 3 aromatic rings. The van der Waals surface area contributed by atoms with Gasteiger partial charge in [0.25, 0.3) is 0 Å². The molecule has 0 aliphatic rings. The normalized spacial score (nSPS) is 10.5. The van der Waals surface area contributed by atoms with E-state index in [0.29, 0.717) is 12.3 Å². The van der Waals surface area contributed by atoms with Crippen molar-refractivity contribution in [3.05, 3.63) is 72.2 Å². The Morgan fingerprint density at radius 1 is 1.05 bits per heavy atom. The van der Waals surface area contributed by atoms with Gasteiger partial charge in [0.15, 0.2) is 0 Å². The maximum absolute atomic E-state index is 13.5. The van der Waals surface area contributed by atoms with Gasteiger partial charge in [-0.1, -0.05) is 12.1 Å². The smallest absolute Gasteiger partial charge is 0.221 e. The van der Waals surface area contributed by atoms with E-state index in [1.807, 2.05) is 12.1 Å². The lowest BCUT2D eigenvalue weighted by molar-refractivity contribution is 0.399. The summed E-state index contributed by atoms with van der Waals surface area (Å²) in [7, 11) is 1.55. The van der Waals surface area contributed by atoms with Crippen molar-refractivity contribution < 1.29 is 9.13 Å². The highest BCUT2D eigenvalue weighted by Gasteiger charge is 2.10. The predicted molar refractivity (Wildman–Crippen MR) is 81.0 cm³/mol. The lowest BCUT2D eigenvalue weighted by Crippen LogP contribution is -1.96. The number of hydrogen-bond acceptors (Lipinski definition) is 4. The summed E-state index contributed by atoms with van der Waals surface area (Å²) in [4.78, 5) is 12.3. The largest absolute Gasteiger partial charge is 0.481 e. The quantitative estimate of drug-likeness (QED) is 0.741. The molecule has 0 aliphatic heterocycles. The molecule has 0 bridgehead atoms. The molecule has 110 valence electrons. The van der Waals surface area contributed by atoms with E-state index < -0.39 is 0 Å². The monoisotopic (exact) mass is 295 g/mol. The van der Waals surface area contributed by atoms with E-state index in [2.05, 4.69) is 15.0 Å². The number of pyridine rings is 1. The Morgan fingerprint density at radius 2 is 1.86 bits per heavy atom. The molecule has 0 unspecified atom stereocenters. The van der Waals surface area contributed by atoms with Crippen LogP contribution in [0.2, 0.25) is 0 Å². The number of rotatable bonds is 4. The maximum atomic E-state index is 13.5. The molecule has 0 atom stereocenters. The Morgan fingerprint density at radius 3 is 2.59 bits per heavy atom. The first-order valence-electron chi connectivity index (χ1n) is 6.79. The molecule has 0 amide bonds. The van der Waals surface area contributed by atoms with Crippen molar-refractivity contribution in [3.63, 3.8) is 0 Å². The molecule has 3 rings (SSSR count). The maximum Gasteiger partial charge on any atom is 0.221 e. The topological polar surface area (TPSA) is 47.9 Å². The van der Waals surface area contributed by atoms with Gasteiger partial charge >= 0.3 is 0 Å². The van der Waals surface area contributed by atoms with Crippen LogP contribution in [0.5, 0.6) is 5.88 Å². The first kappa shape index (κ1) is 14.1. The number of aromatic nitrogens is 3. The molecule has 2 heterocycles. The Labute approximate surface area is 127 Å². The van der Waals surface area contributed by atoms with Crippen LogP contribution in [0.3, 0.4) is 0 Å². The SMILES string of the molecule is COc1ncc(Cc2cncnc2)cc1-c1cccc(F)c1. The van der Waals surface area contributed by atoms with Crippen molar-refractivity contribution in [3.8, 4) is 17.0 Å². The van der Waals surface area contributed by atoms with Crippen LogP contribution in [-0.4, -0.2) is 22.1 Å². The molecule has 5 heteroatoms. The number of ether oxygens (including phenoxy) is 1. The van der Waals surface area contributed by atoms with Crippen LogP contribution in [0.1, 0.15) is 11.1 Å². The third-order valence-corrected chi connectivity index (χ3v) is 3.26. The summed E-state index contributed by atoms with van der Waals surface area (Å²) in [6, 6.07) is 8.33. The number of halogens is 1. The molecule has 0 saturated carbocycles. The average molecular weight is 295 g/mol. The fourth-order valence-corrected chi connectivity index (χ4v) is 2.27. The molecule has 0 aliphatic carbocycles. The van der Waals surface area contributed by atoms with Gasteiger partial charge in [-0.25, -0.2) is 19.3 Å². The van der Waals surface area contributed by atoms with Crippen LogP contribution >= 0.6 is 0 Å². The second kappa shape index (κ2) is 6.30. The minimum Gasteiger partial charge on any atom is -0.481 e. The van der Waals surface area contributed by atoms with E-state index in [-0.39, 0.29) is 5.82 Å². The van der Waals surface area contributed by atoms with Gasteiger partial charge in [0.1, 0.15) is 12.1 Å². The molecule has 1 aromatic carbocycles. The van der Waals surface area contributed by atoms with Gasteiger partial charge in [0.2, 0.25) is 5.88 Å². The van der Waals surface area contributed by atoms with Crippen molar-refractivity contribution in [1.29, 1.82) is 0 Å². The third kappa shape index (κ3) is 3.09. The Balaban J connectivity index is 1.99. The van der Waals surface area contributed by atoms with Crippen molar-refractivity contribution in [2.75, 3.05) is 7.11 Å². The van der Waals surface area contributed by atoms with Gasteiger partial charge in [-0.3, -0.25) is 0 Å². The number of nitrogens with zero attached hydrogens (tertiary/aromatic N) is 3. The van der Waals surface area contributed by atoms with Crippen LogP contribution in [0.15, 0.2) is 55.2 Å². The highest BCUT2D eigenvalue weighted by Crippen LogP contribution is 2.29. The number of benzene rings is 1. The molecule has 22 heavy (non-hydrogen) atoms. The van der Waals surface area contributed by atoms with Gasteiger partial charge in [-0.05, 0) is 34.9 Å². The Bertz CT molecular complexity index is 778. The molecule has 4 nitrogen and oxygen atoms in total. The zero-order valence-corrected chi connectivity index (χ0v) is 12.0. The summed E-state index contributed by atoms with van der Waals surface area (Å²) in [5, 5.41) is 0. The van der Waals surface area contributed by atoms with Gasteiger partial charge in [0, 0.05) is 30.6 Å². The highest BCUT2D eigenvalue weighted by molar-refractivity contribution is 5.69. The highest BCUT2D eigenvalue weighted by atomic mass is 19.1. The third-order valence-electron chi connectivity index (χ3n) is 3.26. The second-order valence-corrected chi connectivity index (χ2v) is 4.83. The summed E-state index contributed by atoms with van der Waals surface area (Å²) >= 11 is 0.